The van der Waals surface area contributed by atoms with Crippen molar-refractivity contribution in [1.29, 1.82) is 0 Å². The number of aliphatic imine (C=N–C) groups is 1. The molecule has 2 aliphatic carbocycles. The van der Waals surface area contributed by atoms with E-state index in [1.54, 1.807) is 0 Å². The van der Waals surface area contributed by atoms with E-state index in [-0.39, 0.29) is 0 Å². The topological polar surface area (TPSA) is 30.8 Å². The second kappa shape index (κ2) is 5.23. The molecule has 1 aromatic carbocycles. The molecule has 1 saturated carbocycles. The molecular weight excluding hydrogens is 298 g/mol. The highest BCUT2D eigenvalue weighted by atomic mass is 16.5. The third-order valence-electron chi connectivity index (χ3n) is 5.61. The lowest BCUT2D eigenvalue weighted by Crippen LogP contribution is -2.22. The van der Waals surface area contributed by atoms with Gasteiger partial charge in [0, 0.05) is 41.1 Å². The molecule has 1 aromatic rings. The van der Waals surface area contributed by atoms with Crippen LogP contribution in [-0.4, -0.2) is 17.9 Å². The molecule has 4 unspecified atom stereocenters. The number of nitrogens with zero attached hydrogens (tertiary/aromatic N) is 1. The summed E-state index contributed by atoms with van der Waals surface area (Å²) in [6.07, 6.45) is 9.12. The van der Waals surface area contributed by atoms with Gasteiger partial charge in [0.1, 0.15) is 23.4 Å². The van der Waals surface area contributed by atoms with E-state index in [0.717, 1.165) is 36.5 Å². The maximum Gasteiger partial charge on any atom is 0.127 e. The number of allylic oxidation sites excluding steroid dienone is 3. The van der Waals surface area contributed by atoms with E-state index >= 15 is 0 Å². The van der Waals surface area contributed by atoms with Gasteiger partial charge >= 0.3 is 0 Å². The Labute approximate surface area is 143 Å². The summed E-state index contributed by atoms with van der Waals surface area (Å²) >= 11 is 0. The minimum absolute atomic E-state index is 0.379. The molecule has 0 amide bonds. The molecule has 1 fully saturated rings. The van der Waals surface area contributed by atoms with Crippen molar-refractivity contribution < 1.29 is 9.47 Å². The molecule has 0 radical (unpaired) electrons. The number of fused-ring (bicyclic) bond motifs is 4. The second-order valence-electron chi connectivity index (χ2n) is 7.52. The fourth-order valence-electron chi connectivity index (χ4n) is 4.15. The summed E-state index contributed by atoms with van der Waals surface area (Å²) in [5, 5.41) is 0. The monoisotopic (exact) mass is 321 g/mol. The normalized spacial score (nSPS) is 33.0. The molecule has 124 valence electrons. The van der Waals surface area contributed by atoms with Crippen LogP contribution in [0.4, 0.5) is 0 Å². The van der Waals surface area contributed by atoms with Gasteiger partial charge in [-0.2, -0.15) is 0 Å². The van der Waals surface area contributed by atoms with Crippen LogP contribution in [0.25, 0.3) is 0 Å². The van der Waals surface area contributed by atoms with Gasteiger partial charge in [0.25, 0.3) is 0 Å². The zero-order valence-corrected chi connectivity index (χ0v) is 14.3. The maximum atomic E-state index is 6.37. The first-order valence-electron chi connectivity index (χ1n) is 9.14. The number of ether oxygens (including phenoxy) is 2. The fraction of sp³-hybridized carbons (Fsp3) is 0.476. The molecule has 0 bridgehead atoms. The molecule has 4 aliphatic rings. The van der Waals surface area contributed by atoms with Crippen LogP contribution in [0.2, 0.25) is 0 Å². The molecule has 4 atom stereocenters. The first-order chi connectivity index (χ1) is 11.7. The van der Waals surface area contributed by atoms with Gasteiger partial charge in [0.05, 0.1) is 0 Å². The van der Waals surface area contributed by atoms with Crippen molar-refractivity contribution in [2.24, 2.45) is 10.9 Å². The summed E-state index contributed by atoms with van der Waals surface area (Å²) < 4.78 is 12.2. The number of hydrogen-bond donors (Lipinski definition) is 0. The van der Waals surface area contributed by atoms with Crippen LogP contribution in [-0.2, 0) is 0 Å². The predicted octanol–water partition coefficient (Wildman–Crippen LogP) is 4.79. The van der Waals surface area contributed by atoms with Crippen molar-refractivity contribution in [3.8, 4) is 11.5 Å². The van der Waals surface area contributed by atoms with Gasteiger partial charge in [-0.3, -0.25) is 4.99 Å². The molecule has 0 aromatic heterocycles. The van der Waals surface area contributed by atoms with Crippen molar-refractivity contribution in [2.75, 3.05) is 0 Å². The van der Waals surface area contributed by atoms with Crippen LogP contribution in [0.3, 0.4) is 0 Å². The Morgan fingerprint density at radius 3 is 3.08 bits per heavy atom. The summed E-state index contributed by atoms with van der Waals surface area (Å²) in [6.45, 7) is 4.44. The molecule has 5 rings (SSSR count). The number of hydrogen-bond acceptors (Lipinski definition) is 3. The number of benzene rings is 1. The predicted molar refractivity (Wildman–Crippen MR) is 94.9 cm³/mol. The van der Waals surface area contributed by atoms with Crippen molar-refractivity contribution in [2.45, 2.75) is 57.6 Å². The highest BCUT2D eigenvalue weighted by Crippen LogP contribution is 2.54. The van der Waals surface area contributed by atoms with Gasteiger partial charge in [-0.05, 0) is 44.4 Å². The standard InChI is InChI=1S/C21H23NO2/c1-12-4-3-5-18(15-8-6-13(2)22-21(12)15)23-14-7-9-19-16(10-14)17-11-20(17)24-19/h3-4,7,9-10,12-13,17,20H,5-6,8,11H2,1-2H3. The Balaban J connectivity index is 1.49. The van der Waals surface area contributed by atoms with Gasteiger partial charge in [-0.1, -0.05) is 19.1 Å². The zero-order chi connectivity index (χ0) is 16.3. The van der Waals surface area contributed by atoms with E-state index in [1.807, 2.05) is 6.07 Å². The Hall–Kier alpha value is -2.03. The summed E-state index contributed by atoms with van der Waals surface area (Å²) in [6, 6.07) is 6.70. The largest absolute Gasteiger partial charge is 0.489 e. The SMILES string of the molecule is CC1CCC2=C(Oc3ccc4c(c3)C3CC3O4)CC=CC(C)C2=N1. The third-order valence-corrected chi connectivity index (χ3v) is 5.61. The van der Waals surface area contributed by atoms with E-state index in [0.29, 0.717) is 24.0 Å². The molecular formula is C21H23NO2. The lowest BCUT2D eigenvalue weighted by molar-refractivity contribution is 0.318. The molecule has 0 N–H and O–H groups in total. The molecule has 2 heterocycles. The second-order valence-corrected chi connectivity index (χ2v) is 7.52. The average molecular weight is 321 g/mol. The van der Waals surface area contributed by atoms with Crippen LogP contribution in [0.1, 0.15) is 51.0 Å². The molecule has 3 nitrogen and oxygen atoms in total. The lowest BCUT2D eigenvalue weighted by atomic mass is 9.90. The van der Waals surface area contributed by atoms with Gasteiger partial charge < -0.3 is 9.47 Å². The van der Waals surface area contributed by atoms with Gasteiger partial charge in [-0.15, -0.1) is 0 Å². The van der Waals surface area contributed by atoms with E-state index in [2.05, 4.69) is 38.1 Å². The highest BCUT2D eigenvalue weighted by molar-refractivity contribution is 6.04. The van der Waals surface area contributed by atoms with Crippen molar-refractivity contribution in [3.05, 3.63) is 47.2 Å². The van der Waals surface area contributed by atoms with Gasteiger partial charge in [0.15, 0.2) is 0 Å². The van der Waals surface area contributed by atoms with Crippen molar-refractivity contribution in [3.63, 3.8) is 0 Å². The lowest BCUT2D eigenvalue weighted by Gasteiger charge is -2.24. The minimum Gasteiger partial charge on any atom is -0.489 e. The van der Waals surface area contributed by atoms with Gasteiger partial charge in [-0.25, -0.2) is 0 Å². The summed E-state index contributed by atoms with van der Waals surface area (Å²) in [7, 11) is 0. The van der Waals surface area contributed by atoms with Crippen LogP contribution in [0, 0.1) is 5.92 Å². The number of rotatable bonds is 2. The summed E-state index contributed by atoms with van der Waals surface area (Å²) in [5.74, 6) is 4.04. The van der Waals surface area contributed by atoms with E-state index in [1.165, 1.54) is 23.3 Å². The Morgan fingerprint density at radius 1 is 1.25 bits per heavy atom. The van der Waals surface area contributed by atoms with E-state index in [9.17, 15) is 0 Å². The smallest absolute Gasteiger partial charge is 0.127 e. The molecule has 2 aliphatic heterocycles. The third kappa shape index (κ3) is 2.29. The van der Waals surface area contributed by atoms with E-state index in [4.69, 9.17) is 14.5 Å². The van der Waals surface area contributed by atoms with Crippen LogP contribution in [0.15, 0.2) is 46.7 Å². The minimum atomic E-state index is 0.379. The highest BCUT2D eigenvalue weighted by Gasteiger charge is 2.48. The quantitative estimate of drug-likeness (QED) is 0.733. The molecule has 0 spiro atoms. The zero-order valence-electron chi connectivity index (χ0n) is 14.3. The molecule has 0 saturated heterocycles. The Morgan fingerprint density at radius 2 is 2.17 bits per heavy atom. The van der Waals surface area contributed by atoms with Crippen molar-refractivity contribution >= 4 is 5.71 Å². The van der Waals surface area contributed by atoms with Crippen LogP contribution in [0.5, 0.6) is 11.5 Å². The Bertz CT molecular complexity index is 789. The maximum absolute atomic E-state index is 6.37. The fourth-order valence-corrected chi connectivity index (χ4v) is 4.15. The molecule has 3 heteroatoms. The first kappa shape index (κ1) is 14.3. The van der Waals surface area contributed by atoms with Gasteiger partial charge in [0.2, 0.25) is 0 Å². The summed E-state index contributed by atoms with van der Waals surface area (Å²) in [4.78, 5) is 4.92. The Kier molecular flexibility index (Phi) is 3.12. The van der Waals surface area contributed by atoms with Crippen molar-refractivity contribution in [1.82, 2.24) is 0 Å². The molecule has 24 heavy (non-hydrogen) atoms. The average Bonchev–Trinajstić information content (AvgIpc) is 3.28. The van der Waals surface area contributed by atoms with Crippen LogP contribution >= 0.6 is 0 Å². The van der Waals surface area contributed by atoms with Crippen LogP contribution < -0.4 is 9.47 Å². The van der Waals surface area contributed by atoms with E-state index < -0.39 is 0 Å². The summed E-state index contributed by atoms with van der Waals surface area (Å²) in [5.41, 5.74) is 3.88. The first-order valence-corrected chi connectivity index (χ1v) is 9.14.